The molecule has 1 aliphatic heterocycles. The van der Waals surface area contributed by atoms with Gasteiger partial charge in [-0.1, -0.05) is 42.0 Å². The van der Waals surface area contributed by atoms with Gasteiger partial charge in [0.1, 0.15) is 18.0 Å². The van der Waals surface area contributed by atoms with Crippen LogP contribution < -0.4 is 4.74 Å². The summed E-state index contributed by atoms with van der Waals surface area (Å²) in [6.07, 6.45) is 2.76. The van der Waals surface area contributed by atoms with E-state index in [1.807, 2.05) is 50.3 Å². The van der Waals surface area contributed by atoms with Crippen molar-refractivity contribution in [2.75, 3.05) is 13.2 Å². The van der Waals surface area contributed by atoms with E-state index in [9.17, 15) is 10.2 Å². The number of aliphatic hydroxyl groups is 3. The van der Waals surface area contributed by atoms with Gasteiger partial charge in [-0.05, 0) is 62.5 Å². The highest BCUT2D eigenvalue weighted by molar-refractivity contribution is 6.31. The molecule has 1 heterocycles. The molecular formula is C24H33ClO5. The molecule has 0 spiro atoms. The highest BCUT2D eigenvalue weighted by atomic mass is 35.5. The molecule has 0 aliphatic carbocycles. The Hall–Kier alpha value is -1.63. The Bertz CT molecular complexity index is 740. The van der Waals surface area contributed by atoms with E-state index in [0.29, 0.717) is 36.5 Å². The second-order valence-corrected chi connectivity index (χ2v) is 8.04. The van der Waals surface area contributed by atoms with E-state index in [0.717, 1.165) is 23.3 Å². The average Bonchev–Trinajstić information content (AvgIpc) is 2.72. The molecule has 1 saturated heterocycles. The van der Waals surface area contributed by atoms with Gasteiger partial charge in [0.2, 0.25) is 0 Å². The molecule has 5 nitrogen and oxygen atoms in total. The first kappa shape index (κ1) is 24.6. The number of ether oxygens (including phenoxy) is 2. The Kier molecular flexibility index (Phi) is 10.1. The second kappa shape index (κ2) is 12.3. The SMILES string of the molecule is C=C(C/C=C\C(Cl)=C(/C)Cc1ccc(OCC)cc1)[C@@H]1O[C@H](CCO)C[C@H](O)[C@H]1O. The summed E-state index contributed by atoms with van der Waals surface area (Å²) >= 11 is 6.44. The molecule has 0 radical (unpaired) electrons. The largest absolute Gasteiger partial charge is 0.494 e. The quantitative estimate of drug-likeness (QED) is 0.383. The van der Waals surface area contributed by atoms with Crippen molar-refractivity contribution >= 4 is 11.6 Å². The summed E-state index contributed by atoms with van der Waals surface area (Å²) < 4.78 is 11.3. The predicted octanol–water partition coefficient (Wildman–Crippen LogP) is 3.90. The van der Waals surface area contributed by atoms with Crippen LogP contribution in [0.3, 0.4) is 0 Å². The minimum atomic E-state index is -1.02. The minimum Gasteiger partial charge on any atom is -0.494 e. The van der Waals surface area contributed by atoms with Crippen LogP contribution in [-0.2, 0) is 11.2 Å². The summed E-state index contributed by atoms with van der Waals surface area (Å²) in [5, 5.41) is 30.1. The molecule has 0 amide bonds. The lowest BCUT2D eigenvalue weighted by Gasteiger charge is -2.38. The zero-order chi connectivity index (χ0) is 22.1. The topological polar surface area (TPSA) is 79.2 Å². The number of allylic oxidation sites excluding steroid dienone is 4. The van der Waals surface area contributed by atoms with Crippen molar-refractivity contribution in [2.24, 2.45) is 0 Å². The Balaban J connectivity index is 1.92. The van der Waals surface area contributed by atoms with E-state index in [1.54, 1.807) is 0 Å². The van der Waals surface area contributed by atoms with Crippen LogP contribution in [0, 0.1) is 0 Å². The number of hydrogen-bond donors (Lipinski definition) is 3. The number of benzene rings is 1. The standard InChI is InChI=1S/C24H33ClO5/c1-4-29-19-10-8-18(9-11-19)14-17(3)21(25)7-5-6-16(2)24-23(28)22(27)15-20(30-24)12-13-26/h5,7-11,20,22-24,26-28H,2,4,6,12-15H2,1,3H3/b7-5-,21-17-/t20-,22+,23-,24+/m1/s1. The molecule has 4 atom stereocenters. The monoisotopic (exact) mass is 436 g/mol. The first-order chi connectivity index (χ1) is 14.3. The Morgan fingerprint density at radius 3 is 2.63 bits per heavy atom. The smallest absolute Gasteiger partial charge is 0.119 e. The molecule has 3 N–H and O–H groups in total. The van der Waals surface area contributed by atoms with Gasteiger partial charge in [0, 0.05) is 18.1 Å². The zero-order valence-electron chi connectivity index (χ0n) is 17.8. The maximum atomic E-state index is 10.2. The van der Waals surface area contributed by atoms with Gasteiger partial charge >= 0.3 is 0 Å². The Morgan fingerprint density at radius 2 is 2.00 bits per heavy atom. The molecule has 0 aromatic heterocycles. The molecule has 2 rings (SSSR count). The maximum Gasteiger partial charge on any atom is 0.119 e. The second-order valence-electron chi connectivity index (χ2n) is 7.63. The molecule has 0 unspecified atom stereocenters. The molecule has 0 bridgehead atoms. The lowest BCUT2D eigenvalue weighted by Crippen LogP contribution is -2.49. The summed E-state index contributed by atoms with van der Waals surface area (Å²) in [4.78, 5) is 0. The minimum absolute atomic E-state index is 0.0272. The van der Waals surface area contributed by atoms with Crippen molar-refractivity contribution in [1.82, 2.24) is 0 Å². The highest BCUT2D eigenvalue weighted by Crippen LogP contribution is 2.28. The maximum absolute atomic E-state index is 10.2. The number of hydrogen-bond acceptors (Lipinski definition) is 5. The van der Waals surface area contributed by atoms with Crippen LogP contribution in [0.4, 0.5) is 0 Å². The predicted molar refractivity (Wildman–Crippen MR) is 120 cm³/mol. The number of rotatable bonds is 10. The Morgan fingerprint density at radius 1 is 1.30 bits per heavy atom. The number of halogens is 1. The van der Waals surface area contributed by atoms with Crippen LogP contribution in [0.25, 0.3) is 0 Å². The molecular weight excluding hydrogens is 404 g/mol. The lowest BCUT2D eigenvalue weighted by molar-refractivity contribution is -0.158. The van der Waals surface area contributed by atoms with Gasteiger partial charge in [0.25, 0.3) is 0 Å². The van der Waals surface area contributed by atoms with Crippen molar-refractivity contribution in [2.45, 2.75) is 63.9 Å². The van der Waals surface area contributed by atoms with E-state index in [4.69, 9.17) is 26.2 Å². The average molecular weight is 437 g/mol. The van der Waals surface area contributed by atoms with Crippen molar-refractivity contribution < 1.29 is 24.8 Å². The molecule has 1 aliphatic rings. The normalized spacial score (nSPS) is 25.3. The van der Waals surface area contributed by atoms with Crippen LogP contribution >= 0.6 is 11.6 Å². The third-order valence-electron chi connectivity index (χ3n) is 5.16. The molecule has 1 fully saturated rings. The molecule has 6 heteroatoms. The van der Waals surface area contributed by atoms with E-state index < -0.39 is 18.3 Å². The fourth-order valence-corrected chi connectivity index (χ4v) is 3.61. The molecule has 166 valence electrons. The molecule has 1 aromatic carbocycles. The van der Waals surface area contributed by atoms with E-state index in [1.165, 1.54) is 0 Å². The molecule has 0 saturated carbocycles. The van der Waals surface area contributed by atoms with Gasteiger partial charge in [-0.25, -0.2) is 0 Å². The van der Waals surface area contributed by atoms with Gasteiger partial charge in [0.15, 0.2) is 0 Å². The molecule has 1 aromatic rings. The van der Waals surface area contributed by atoms with Crippen LogP contribution in [-0.4, -0.2) is 52.9 Å². The van der Waals surface area contributed by atoms with E-state index in [2.05, 4.69) is 6.58 Å². The van der Waals surface area contributed by atoms with Gasteiger partial charge in [-0.3, -0.25) is 0 Å². The van der Waals surface area contributed by atoms with Crippen molar-refractivity contribution in [3.8, 4) is 5.75 Å². The number of aliphatic hydroxyl groups excluding tert-OH is 3. The van der Waals surface area contributed by atoms with Crippen molar-refractivity contribution in [3.05, 3.63) is 64.7 Å². The van der Waals surface area contributed by atoms with Gasteiger partial charge in [0.05, 0.1) is 18.8 Å². The van der Waals surface area contributed by atoms with Gasteiger partial charge in [-0.15, -0.1) is 0 Å². The third-order valence-corrected chi connectivity index (χ3v) is 5.61. The summed E-state index contributed by atoms with van der Waals surface area (Å²) in [5.74, 6) is 0.853. The summed E-state index contributed by atoms with van der Waals surface area (Å²) in [6.45, 7) is 8.57. The fraction of sp³-hybridized carbons (Fsp3) is 0.500. The van der Waals surface area contributed by atoms with E-state index in [-0.39, 0.29) is 12.7 Å². The first-order valence-corrected chi connectivity index (χ1v) is 10.8. The van der Waals surface area contributed by atoms with Gasteiger partial charge < -0.3 is 24.8 Å². The van der Waals surface area contributed by atoms with Crippen LogP contribution in [0.2, 0.25) is 0 Å². The van der Waals surface area contributed by atoms with Crippen LogP contribution in [0.1, 0.15) is 38.7 Å². The third kappa shape index (κ3) is 7.25. The van der Waals surface area contributed by atoms with E-state index >= 15 is 0 Å². The summed E-state index contributed by atoms with van der Waals surface area (Å²) in [5.41, 5.74) is 2.85. The van der Waals surface area contributed by atoms with Crippen molar-refractivity contribution in [3.63, 3.8) is 0 Å². The lowest BCUT2D eigenvalue weighted by atomic mass is 9.91. The molecule has 30 heavy (non-hydrogen) atoms. The highest BCUT2D eigenvalue weighted by Gasteiger charge is 2.37. The zero-order valence-corrected chi connectivity index (χ0v) is 18.5. The first-order valence-electron chi connectivity index (χ1n) is 10.4. The Labute approximate surface area is 184 Å². The van der Waals surface area contributed by atoms with Crippen LogP contribution in [0.15, 0.2) is 59.2 Å². The fourth-order valence-electron chi connectivity index (χ4n) is 3.45. The van der Waals surface area contributed by atoms with Gasteiger partial charge in [-0.2, -0.15) is 0 Å². The summed E-state index contributed by atoms with van der Waals surface area (Å²) in [6, 6.07) is 7.96. The summed E-state index contributed by atoms with van der Waals surface area (Å²) in [7, 11) is 0. The van der Waals surface area contributed by atoms with Crippen LogP contribution in [0.5, 0.6) is 5.75 Å². The van der Waals surface area contributed by atoms with Crippen molar-refractivity contribution in [1.29, 1.82) is 0 Å².